The van der Waals surface area contributed by atoms with Crippen molar-refractivity contribution in [2.45, 2.75) is 66.3 Å². The molecule has 1 heterocycles. The first-order chi connectivity index (χ1) is 6.99. The van der Waals surface area contributed by atoms with E-state index in [1.54, 1.807) is 0 Å². The van der Waals surface area contributed by atoms with Crippen LogP contribution in [0.5, 0.6) is 0 Å². The van der Waals surface area contributed by atoms with E-state index in [1.807, 2.05) is 0 Å². The molecule has 0 radical (unpaired) electrons. The van der Waals surface area contributed by atoms with Crippen LogP contribution in [0.1, 0.15) is 70.1 Å². The van der Waals surface area contributed by atoms with Crippen molar-refractivity contribution in [1.29, 1.82) is 0 Å². The van der Waals surface area contributed by atoms with Crippen molar-refractivity contribution < 1.29 is 0 Å². The zero-order chi connectivity index (χ0) is 11.6. The zero-order valence-electron chi connectivity index (χ0n) is 11.0. The first-order valence-corrected chi connectivity index (χ1v) is 6.05. The number of aromatic nitrogens is 2. The van der Waals surface area contributed by atoms with E-state index in [2.05, 4.69) is 46.1 Å². The quantitative estimate of drug-likeness (QED) is 0.735. The lowest BCUT2D eigenvalue weighted by atomic mass is 10.1. The van der Waals surface area contributed by atoms with Gasteiger partial charge < -0.3 is 4.57 Å². The molecule has 0 aliphatic carbocycles. The van der Waals surface area contributed by atoms with Gasteiger partial charge in [0, 0.05) is 18.2 Å². The standard InChI is InChI=1S/C13H24N2/c1-7-8-15-12(9(2)3)11(6)14-13(15)10(4)5/h9-10H,7-8H2,1-6H3. The highest BCUT2D eigenvalue weighted by atomic mass is 15.1. The summed E-state index contributed by atoms with van der Waals surface area (Å²) < 4.78 is 2.42. The molecule has 2 nitrogen and oxygen atoms in total. The number of rotatable bonds is 4. The third kappa shape index (κ3) is 2.42. The second-order valence-electron chi connectivity index (χ2n) is 4.90. The number of hydrogen-bond acceptors (Lipinski definition) is 1. The molecule has 1 aromatic rings. The van der Waals surface area contributed by atoms with Crippen LogP contribution in [0.2, 0.25) is 0 Å². The highest BCUT2D eigenvalue weighted by Crippen LogP contribution is 2.25. The summed E-state index contributed by atoms with van der Waals surface area (Å²) in [5, 5.41) is 0. The first-order valence-electron chi connectivity index (χ1n) is 6.05. The van der Waals surface area contributed by atoms with E-state index in [-0.39, 0.29) is 0 Å². The van der Waals surface area contributed by atoms with Gasteiger partial charge in [-0.2, -0.15) is 0 Å². The van der Waals surface area contributed by atoms with E-state index in [9.17, 15) is 0 Å². The van der Waals surface area contributed by atoms with Crippen LogP contribution >= 0.6 is 0 Å². The Labute approximate surface area is 93.7 Å². The molecule has 15 heavy (non-hydrogen) atoms. The molecule has 0 aliphatic rings. The molecule has 0 saturated heterocycles. The predicted octanol–water partition coefficient (Wildman–Crippen LogP) is 3.85. The van der Waals surface area contributed by atoms with Crippen molar-refractivity contribution >= 4 is 0 Å². The molecule has 0 spiro atoms. The number of nitrogens with zero attached hydrogens (tertiary/aromatic N) is 2. The number of hydrogen-bond donors (Lipinski definition) is 0. The Balaban J connectivity index is 3.24. The topological polar surface area (TPSA) is 17.8 Å². The molecule has 0 saturated carbocycles. The van der Waals surface area contributed by atoms with E-state index in [0.29, 0.717) is 11.8 Å². The zero-order valence-corrected chi connectivity index (χ0v) is 11.0. The maximum atomic E-state index is 4.71. The molecule has 0 N–H and O–H groups in total. The lowest BCUT2D eigenvalue weighted by Crippen LogP contribution is -2.09. The van der Waals surface area contributed by atoms with Crippen molar-refractivity contribution in [2.24, 2.45) is 0 Å². The summed E-state index contributed by atoms with van der Waals surface area (Å²) >= 11 is 0. The van der Waals surface area contributed by atoms with Crippen molar-refractivity contribution in [3.63, 3.8) is 0 Å². The smallest absolute Gasteiger partial charge is 0.111 e. The summed E-state index contributed by atoms with van der Waals surface area (Å²) in [6.45, 7) is 14.4. The van der Waals surface area contributed by atoms with Crippen LogP contribution in [-0.2, 0) is 6.54 Å². The van der Waals surface area contributed by atoms with Gasteiger partial charge in [-0.05, 0) is 19.3 Å². The van der Waals surface area contributed by atoms with Crippen molar-refractivity contribution in [3.8, 4) is 0 Å². The van der Waals surface area contributed by atoms with Crippen LogP contribution in [0.15, 0.2) is 0 Å². The van der Waals surface area contributed by atoms with Crippen LogP contribution in [-0.4, -0.2) is 9.55 Å². The highest BCUT2D eigenvalue weighted by molar-refractivity contribution is 5.20. The van der Waals surface area contributed by atoms with E-state index >= 15 is 0 Å². The fourth-order valence-electron chi connectivity index (χ4n) is 2.24. The second kappa shape index (κ2) is 4.82. The van der Waals surface area contributed by atoms with Gasteiger partial charge in [0.1, 0.15) is 5.82 Å². The molecule has 1 aromatic heterocycles. The van der Waals surface area contributed by atoms with Crippen molar-refractivity contribution in [1.82, 2.24) is 9.55 Å². The molecule has 1 rings (SSSR count). The van der Waals surface area contributed by atoms with Gasteiger partial charge >= 0.3 is 0 Å². The van der Waals surface area contributed by atoms with Gasteiger partial charge in [-0.3, -0.25) is 0 Å². The molecule has 0 bridgehead atoms. The van der Waals surface area contributed by atoms with Crippen LogP contribution in [0.25, 0.3) is 0 Å². The number of imidazole rings is 1. The molecule has 0 aliphatic heterocycles. The van der Waals surface area contributed by atoms with Crippen LogP contribution in [0.4, 0.5) is 0 Å². The fraction of sp³-hybridized carbons (Fsp3) is 0.769. The Hall–Kier alpha value is -0.790. The molecule has 0 amide bonds. The Morgan fingerprint density at radius 1 is 1.13 bits per heavy atom. The number of aryl methyl sites for hydroxylation is 1. The van der Waals surface area contributed by atoms with Gasteiger partial charge in [0.05, 0.1) is 5.69 Å². The minimum atomic E-state index is 0.516. The van der Waals surface area contributed by atoms with Crippen LogP contribution in [0, 0.1) is 6.92 Å². The van der Waals surface area contributed by atoms with Crippen molar-refractivity contribution in [2.75, 3.05) is 0 Å². The summed E-state index contributed by atoms with van der Waals surface area (Å²) in [7, 11) is 0. The fourth-order valence-corrected chi connectivity index (χ4v) is 2.24. The molecule has 0 fully saturated rings. The van der Waals surface area contributed by atoms with Gasteiger partial charge in [-0.1, -0.05) is 34.6 Å². The van der Waals surface area contributed by atoms with Gasteiger partial charge in [-0.15, -0.1) is 0 Å². The predicted molar refractivity (Wildman–Crippen MR) is 65.4 cm³/mol. The van der Waals surface area contributed by atoms with E-state index < -0.39 is 0 Å². The summed E-state index contributed by atoms with van der Waals surface area (Å²) in [5.74, 6) is 2.33. The lowest BCUT2D eigenvalue weighted by molar-refractivity contribution is 0.573. The lowest BCUT2D eigenvalue weighted by Gasteiger charge is -2.15. The average molecular weight is 208 g/mol. The molecule has 0 unspecified atom stereocenters. The van der Waals surface area contributed by atoms with Crippen LogP contribution < -0.4 is 0 Å². The maximum absolute atomic E-state index is 4.71. The summed E-state index contributed by atoms with van der Waals surface area (Å²) in [6, 6.07) is 0. The molecule has 2 heteroatoms. The summed E-state index contributed by atoms with van der Waals surface area (Å²) in [5.41, 5.74) is 2.63. The minimum Gasteiger partial charge on any atom is -0.331 e. The Morgan fingerprint density at radius 3 is 2.13 bits per heavy atom. The normalized spacial score (nSPS) is 11.7. The Morgan fingerprint density at radius 2 is 1.73 bits per heavy atom. The summed E-state index contributed by atoms with van der Waals surface area (Å²) in [4.78, 5) is 4.71. The minimum absolute atomic E-state index is 0.516. The molecular weight excluding hydrogens is 184 g/mol. The molecule has 0 aromatic carbocycles. The highest BCUT2D eigenvalue weighted by Gasteiger charge is 2.17. The van der Waals surface area contributed by atoms with E-state index in [0.717, 1.165) is 6.54 Å². The summed E-state index contributed by atoms with van der Waals surface area (Å²) in [6.07, 6.45) is 1.18. The molecular formula is C13H24N2. The van der Waals surface area contributed by atoms with Gasteiger partial charge in [0.25, 0.3) is 0 Å². The van der Waals surface area contributed by atoms with Gasteiger partial charge in [-0.25, -0.2) is 4.98 Å². The Bertz CT molecular complexity index is 322. The molecule has 0 atom stereocenters. The SMILES string of the molecule is CCCn1c(C(C)C)nc(C)c1C(C)C. The van der Waals surface area contributed by atoms with Gasteiger partial charge in [0.15, 0.2) is 0 Å². The molecule has 86 valence electrons. The third-order valence-corrected chi connectivity index (χ3v) is 2.73. The van der Waals surface area contributed by atoms with Crippen molar-refractivity contribution in [3.05, 3.63) is 17.2 Å². The maximum Gasteiger partial charge on any atom is 0.111 e. The van der Waals surface area contributed by atoms with Gasteiger partial charge in [0.2, 0.25) is 0 Å². The first kappa shape index (κ1) is 12.3. The average Bonchev–Trinajstić information content (AvgIpc) is 2.43. The Kier molecular flexibility index (Phi) is 3.95. The van der Waals surface area contributed by atoms with E-state index in [1.165, 1.54) is 23.6 Å². The second-order valence-corrected chi connectivity index (χ2v) is 4.90. The van der Waals surface area contributed by atoms with Crippen LogP contribution in [0.3, 0.4) is 0 Å². The van der Waals surface area contributed by atoms with E-state index in [4.69, 9.17) is 4.98 Å². The largest absolute Gasteiger partial charge is 0.331 e. The third-order valence-electron chi connectivity index (χ3n) is 2.73. The monoisotopic (exact) mass is 208 g/mol.